The maximum Gasteiger partial charge on any atom is 0.257 e. The number of likely N-dealkylation sites (N-methyl/N-ethyl adjacent to an activating group) is 1. The molecule has 2 aliphatic carbocycles. The Kier molecular flexibility index (Phi) is 6.58. The summed E-state index contributed by atoms with van der Waals surface area (Å²) in [5.74, 6) is 3.23. The van der Waals surface area contributed by atoms with Gasteiger partial charge in [0, 0.05) is 19.5 Å². The van der Waals surface area contributed by atoms with Crippen molar-refractivity contribution in [2.24, 2.45) is 17.8 Å². The third-order valence-electron chi connectivity index (χ3n) is 5.78. The third kappa shape index (κ3) is 5.15. The van der Waals surface area contributed by atoms with E-state index in [-0.39, 0.29) is 18.4 Å². The maximum absolute atomic E-state index is 12.3. The molecule has 3 unspecified atom stereocenters. The van der Waals surface area contributed by atoms with Crippen LogP contribution in [0.4, 0.5) is 0 Å². The van der Waals surface area contributed by atoms with E-state index in [4.69, 9.17) is 9.47 Å². The van der Waals surface area contributed by atoms with Crippen molar-refractivity contribution in [3.63, 3.8) is 0 Å². The molecule has 1 aromatic rings. The van der Waals surface area contributed by atoms with Crippen LogP contribution in [0.2, 0.25) is 0 Å². The highest BCUT2D eigenvalue weighted by Crippen LogP contribution is 2.49. The van der Waals surface area contributed by atoms with Crippen LogP contribution in [-0.4, -0.2) is 32.1 Å². The summed E-state index contributed by atoms with van der Waals surface area (Å²) in [5, 5.41) is 5.71. The number of carbonyl (C=O) groups is 2. The fourth-order valence-corrected chi connectivity index (χ4v) is 4.47. The first-order valence-electron chi connectivity index (χ1n) is 9.92. The Balaban J connectivity index is 1.48. The number of ether oxygens (including phenoxy) is 2. The minimum Gasteiger partial charge on any atom is -0.493 e. The van der Waals surface area contributed by atoms with E-state index in [2.05, 4.69) is 10.6 Å². The Morgan fingerprint density at radius 1 is 1.11 bits per heavy atom. The van der Waals surface area contributed by atoms with E-state index in [1.165, 1.54) is 25.7 Å². The second-order valence-electron chi connectivity index (χ2n) is 7.64. The van der Waals surface area contributed by atoms with Crippen molar-refractivity contribution in [2.45, 2.75) is 45.6 Å². The molecule has 2 fully saturated rings. The average Bonchev–Trinajstić information content (AvgIpc) is 3.28. The second-order valence-corrected chi connectivity index (χ2v) is 7.64. The van der Waals surface area contributed by atoms with Gasteiger partial charge in [-0.15, -0.1) is 0 Å². The molecule has 0 aliphatic heterocycles. The van der Waals surface area contributed by atoms with E-state index in [0.717, 1.165) is 17.4 Å². The first-order chi connectivity index (χ1) is 13.1. The monoisotopic (exact) mass is 374 g/mol. The van der Waals surface area contributed by atoms with Crippen LogP contribution in [0, 0.1) is 17.8 Å². The Morgan fingerprint density at radius 3 is 2.63 bits per heavy atom. The minimum atomic E-state index is -0.170. The molecule has 1 aromatic carbocycles. The zero-order valence-electron chi connectivity index (χ0n) is 16.3. The largest absolute Gasteiger partial charge is 0.493 e. The second kappa shape index (κ2) is 9.11. The van der Waals surface area contributed by atoms with Crippen molar-refractivity contribution in [1.82, 2.24) is 10.6 Å². The topological polar surface area (TPSA) is 76.7 Å². The first kappa shape index (κ1) is 19.5. The molecule has 6 heteroatoms. The van der Waals surface area contributed by atoms with E-state index in [1.54, 1.807) is 13.2 Å². The lowest BCUT2D eigenvalue weighted by Crippen LogP contribution is -2.28. The van der Waals surface area contributed by atoms with Gasteiger partial charge in [-0.25, -0.2) is 0 Å². The molecule has 27 heavy (non-hydrogen) atoms. The Morgan fingerprint density at radius 2 is 1.96 bits per heavy atom. The summed E-state index contributed by atoms with van der Waals surface area (Å²) < 4.78 is 10.9. The molecule has 0 heterocycles. The van der Waals surface area contributed by atoms with Gasteiger partial charge >= 0.3 is 0 Å². The highest BCUT2D eigenvalue weighted by Gasteiger charge is 2.39. The summed E-state index contributed by atoms with van der Waals surface area (Å²) in [7, 11) is 1.56. The molecule has 0 aromatic heterocycles. The summed E-state index contributed by atoms with van der Waals surface area (Å²) in [4.78, 5) is 23.8. The van der Waals surface area contributed by atoms with E-state index in [0.29, 0.717) is 36.9 Å². The van der Waals surface area contributed by atoms with Gasteiger partial charge < -0.3 is 20.1 Å². The molecule has 2 bridgehead atoms. The molecular weight excluding hydrogens is 344 g/mol. The molecule has 2 N–H and O–H groups in total. The van der Waals surface area contributed by atoms with Gasteiger partial charge in [-0.05, 0) is 61.6 Å². The smallest absolute Gasteiger partial charge is 0.257 e. The van der Waals surface area contributed by atoms with Crippen molar-refractivity contribution in [2.75, 3.05) is 20.3 Å². The molecule has 0 spiro atoms. The number of nitrogens with one attached hydrogen (secondary N) is 2. The normalized spacial score (nSPS) is 23.1. The fraction of sp³-hybridized carbons (Fsp3) is 0.619. The molecule has 3 atom stereocenters. The van der Waals surface area contributed by atoms with Crippen LogP contribution < -0.4 is 20.1 Å². The van der Waals surface area contributed by atoms with Crippen LogP contribution in [0.5, 0.6) is 11.5 Å². The Labute approximate surface area is 161 Å². The quantitative estimate of drug-likeness (QED) is 0.697. The number of carbonyl (C=O) groups excluding carboxylic acids is 2. The van der Waals surface area contributed by atoms with Crippen LogP contribution >= 0.6 is 0 Å². The molecule has 0 radical (unpaired) electrons. The molecule has 3 rings (SSSR count). The molecule has 6 nitrogen and oxygen atoms in total. The van der Waals surface area contributed by atoms with Gasteiger partial charge in [0.1, 0.15) is 0 Å². The SMILES string of the molecule is CCNC(=O)COc1ccc(CNC(=O)CC2CC3CCC2C3)cc1OC. The molecule has 148 valence electrons. The standard InChI is InChI=1S/C21H30N2O4/c1-3-22-21(25)13-27-18-7-5-15(10-19(18)26-2)12-23-20(24)11-17-9-14-4-6-16(17)8-14/h5,7,10,14,16-17H,3-4,6,8-9,11-13H2,1-2H3,(H,22,25)(H,23,24). The van der Waals surface area contributed by atoms with Gasteiger partial charge in [-0.3, -0.25) is 9.59 Å². The van der Waals surface area contributed by atoms with E-state index in [1.807, 2.05) is 19.1 Å². The number of methoxy groups -OCH3 is 1. The van der Waals surface area contributed by atoms with Gasteiger partial charge in [-0.2, -0.15) is 0 Å². The summed E-state index contributed by atoms with van der Waals surface area (Å²) in [6.07, 6.45) is 5.86. The first-order valence-corrected chi connectivity index (χ1v) is 9.92. The number of hydrogen-bond donors (Lipinski definition) is 2. The number of hydrogen-bond acceptors (Lipinski definition) is 4. The van der Waals surface area contributed by atoms with Crippen molar-refractivity contribution in [1.29, 1.82) is 0 Å². The van der Waals surface area contributed by atoms with Crippen molar-refractivity contribution < 1.29 is 19.1 Å². The lowest BCUT2D eigenvalue weighted by atomic mass is 9.86. The zero-order chi connectivity index (χ0) is 19.2. The Bertz CT molecular complexity index is 676. The van der Waals surface area contributed by atoms with Crippen molar-refractivity contribution >= 4 is 11.8 Å². The molecule has 0 saturated heterocycles. The predicted molar refractivity (Wildman–Crippen MR) is 103 cm³/mol. The average molecular weight is 374 g/mol. The fourth-order valence-electron chi connectivity index (χ4n) is 4.47. The summed E-state index contributed by atoms with van der Waals surface area (Å²) in [5.41, 5.74) is 0.943. The molecule has 2 aliphatic rings. The third-order valence-corrected chi connectivity index (χ3v) is 5.78. The molecular formula is C21H30N2O4. The molecule has 2 amide bonds. The summed E-state index contributed by atoms with van der Waals surface area (Å²) in [6.45, 7) is 2.84. The van der Waals surface area contributed by atoms with E-state index < -0.39 is 0 Å². The molecule has 2 saturated carbocycles. The van der Waals surface area contributed by atoms with Crippen LogP contribution in [0.1, 0.15) is 44.6 Å². The lowest BCUT2D eigenvalue weighted by Gasteiger charge is -2.21. The highest BCUT2D eigenvalue weighted by molar-refractivity contribution is 5.77. The number of amides is 2. The van der Waals surface area contributed by atoms with Crippen LogP contribution in [-0.2, 0) is 16.1 Å². The summed E-state index contributed by atoms with van der Waals surface area (Å²) >= 11 is 0. The van der Waals surface area contributed by atoms with Gasteiger partial charge in [0.2, 0.25) is 5.91 Å². The van der Waals surface area contributed by atoms with Crippen molar-refractivity contribution in [3.8, 4) is 11.5 Å². The van der Waals surface area contributed by atoms with Crippen LogP contribution in [0.15, 0.2) is 18.2 Å². The Hall–Kier alpha value is -2.24. The zero-order valence-corrected chi connectivity index (χ0v) is 16.3. The van der Waals surface area contributed by atoms with Gasteiger partial charge in [0.25, 0.3) is 5.91 Å². The maximum atomic E-state index is 12.3. The van der Waals surface area contributed by atoms with Gasteiger partial charge in [-0.1, -0.05) is 12.5 Å². The van der Waals surface area contributed by atoms with Crippen molar-refractivity contribution in [3.05, 3.63) is 23.8 Å². The van der Waals surface area contributed by atoms with Crippen LogP contribution in [0.25, 0.3) is 0 Å². The van der Waals surface area contributed by atoms with E-state index in [9.17, 15) is 9.59 Å². The van der Waals surface area contributed by atoms with Gasteiger partial charge in [0.05, 0.1) is 7.11 Å². The number of rotatable bonds is 9. The van der Waals surface area contributed by atoms with Gasteiger partial charge in [0.15, 0.2) is 18.1 Å². The predicted octanol–water partition coefficient (Wildman–Crippen LogP) is 2.65. The lowest BCUT2D eigenvalue weighted by molar-refractivity contribution is -0.123. The van der Waals surface area contributed by atoms with E-state index >= 15 is 0 Å². The minimum absolute atomic E-state index is 0.0518. The number of benzene rings is 1. The number of fused-ring (bicyclic) bond motifs is 2. The highest BCUT2D eigenvalue weighted by atomic mass is 16.5. The van der Waals surface area contributed by atoms with Crippen LogP contribution in [0.3, 0.4) is 0 Å². The summed E-state index contributed by atoms with van der Waals surface area (Å²) in [6, 6.07) is 5.49.